The lowest BCUT2D eigenvalue weighted by atomic mass is 10.0. The molecular formula is C15H13N5O2S. The SMILES string of the molecule is COC(=O)C1NNC=C1c1ccc2ncc(-c3nccs3)n2c1. The lowest BCUT2D eigenvalue weighted by molar-refractivity contribution is -0.141. The number of nitrogens with one attached hydrogen (secondary N) is 2. The molecule has 0 bridgehead atoms. The molecule has 0 saturated heterocycles. The van der Waals surface area contributed by atoms with Crippen molar-refractivity contribution in [3.8, 4) is 10.7 Å². The van der Waals surface area contributed by atoms with Gasteiger partial charge in [-0.3, -0.25) is 4.40 Å². The third kappa shape index (κ3) is 2.28. The van der Waals surface area contributed by atoms with Crippen molar-refractivity contribution in [2.75, 3.05) is 7.11 Å². The van der Waals surface area contributed by atoms with Crippen molar-refractivity contribution >= 4 is 28.5 Å². The molecule has 0 aliphatic carbocycles. The fraction of sp³-hybridized carbons (Fsp3) is 0.133. The Balaban J connectivity index is 1.80. The van der Waals surface area contributed by atoms with Gasteiger partial charge in [-0.2, -0.15) is 0 Å². The fourth-order valence-corrected chi connectivity index (χ4v) is 3.22. The van der Waals surface area contributed by atoms with Gasteiger partial charge >= 0.3 is 5.97 Å². The molecule has 1 unspecified atom stereocenters. The van der Waals surface area contributed by atoms with Gasteiger partial charge in [0.1, 0.15) is 16.3 Å². The van der Waals surface area contributed by atoms with E-state index in [2.05, 4.69) is 20.8 Å². The molecule has 23 heavy (non-hydrogen) atoms. The fourth-order valence-electron chi connectivity index (χ4n) is 2.58. The molecule has 1 aliphatic heterocycles. The van der Waals surface area contributed by atoms with Gasteiger partial charge in [0, 0.05) is 29.5 Å². The number of methoxy groups -OCH3 is 1. The van der Waals surface area contributed by atoms with Crippen molar-refractivity contribution in [2.24, 2.45) is 0 Å². The number of hydrogen-bond donors (Lipinski definition) is 2. The van der Waals surface area contributed by atoms with E-state index in [9.17, 15) is 4.79 Å². The largest absolute Gasteiger partial charge is 0.468 e. The monoisotopic (exact) mass is 327 g/mol. The number of rotatable bonds is 3. The van der Waals surface area contributed by atoms with Gasteiger partial charge in [-0.25, -0.2) is 20.2 Å². The molecule has 116 valence electrons. The first-order valence-corrected chi connectivity index (χ1v) is 7.82. The summed E-state index contributed by atoms with van der Waals surface area (Å²) in [5, 5.41) is 2.83. The number of hydrogen-bond acceptors (Lipinski definition) is 7. The third-order valence-electron chi connectivity index (χ3n) is 3.69. The number of carbonyl (C=O) groups is 1. The predicted octanol–water partition coefficient (Wildman–Crippen LogP) is 1.45. The smallest absolute Gasteiger partial charge is 0.329 e. The molecule has 0 aromatic carbocycles. The van der Waals surface area contributed by atoms with Crippen molar-refractivity contribution in [2.45, 2.75) is 6.04 Å². The molecule has 0 radical (unpaired) electrons. The highest BCUT2D eigenvalue weighted by Crippen LogP contribution is 2.26. The van der Waals surface area contributed by atoms with Crippen molar-refractivity contribution in [3.63, 3.8) is 0 Å². The van der Waals surface area contributed by atoms with E-state index >= 15 is 0 Å². The molecule has 0 saturated carbocycles. The van der Waals surface area contributed by atoms with E-state index < -0.39 is 6.04 Å². The van der Waals surface area contributed by atoms with Crippen LogP contribution in [-0.4, -0.2) is 33.5 Å². The third-order valence-corrected chi connectivity index (χ3v) is 4.49. The molecule has 0 fully saturated rings. The van der Waals surface area contributed by atoms with Crippen LogP contribution in [0.5, 0.6) is 0 Å². The molecule has 0 amide bonds. The summed E-state index contributed by atoms with van der Waals surface area (Å²) in [5.41, 5.74) is 9.23. The number of fused-ring (bicyclic) bond motifs is 1. The Morgan fingerprint density at radius 1 is 1.39 bits per heavy atom. The van der Waals surface area contributed by atoms with Gasteiger partial charge in [0.15, 0.2) is 6.04 Å². The normalized spacial score (nSPS) is 17.1. The van der Waals surface area contributed by atoms with E-state index in [1.165, 1.54) is 7.11 Å². The number of carbonyl (C=O) groups excluding carboxylic acids is 1. The van der Waals surface area contributed by atoms with Crippen molar-refractivity contribution in [1.82, 2.24) is 25.2 Å². The van der Waals surface area contributed by atoms with Crippen LogP contribution >= 0.6 is 11.3 Å². The molecule has 3 aromatic rings. The molecule has 3 aromatic heterocycles. The quantitative estimate of drug-likeness (QED) is 0.709. The van der Waals surface area contributed by atoms with Crippen molar-refractivity contribution < 1.29 is 9.53 Å². The molecule has 2 N–H and O–H groups in total. The summed E-state index contributed by atoms with van der Waals surface area (Å²) < 4.78 is 6.81. The highest BCUT2D eigenvalue weighted by Gasteiger charge is 2.28. The first-order valence-electron chi connectivity index (χ1n) is 6.94. The molecule has 7 nitrogen and oxygen atoms in total. The minimum absolute atomic E-state index is 0.341. The van der Waals surface area contributed by atoms with E-state index in [1.54, 1.807) is 29.9 Å². The summed E-state index contributed by atoms with van der Waals surface area (Å²) in [6.07, 6.45) is 7.29. The average molecular weight is 327 g/mol. The number of pyridine rings is 1. The van der Waals surface area contributed by atoms with Crippen LogP contribution in [0.15, 0.2) is 42.3 Å². The van der Waals surface area contributed by atoms with E-state index in [0.29, 0.717) is 0 Å². The maximum absolute atomic E-state index is 11.9. The Kier molecular flexibility index (Phi) is 3.32. The van der Waals surface area contributed by atoms with E-state index in [-0.39, 0.29) is 5.97 Å². The molecule has 8 heteroatoms. The second-order valence-electron chi connectivity index (χ2n) is 4.97. The zero-order valence-electron chi connectivity index (χ0n) is 12.2. The van der Waals surface area contributed by atoms with Crippen LogP contribution in [0.4, 0.5) is 0 Å². The molecular weight excluding hydrogens is 314 g/mol. The first kappa shape index (κ1) is 13.9. The maximum Gasteiger partial charge on any atom is 0.329 e. The Labute approximate surface area is 135 Å². The second kappa shape index (κ2) is 5.49. The lowest BCUT2D eigenvalue weighted by Gasteiger charge is -2.12. The molecule has 4 rings (SSSR count). The predicted molar refractivity (Wildman–Crippen MR) is 86.4 cm³/mol. The minimum atomic E-state index is -0.538. The summed E-state index contributed by atoms with van der Waals surface area (Å²) in [4.78, 5) is 20.6. The Morgan fingerprint density at radius 2 is 2.30 bits per heavy atom. The van der Waals surface area contributed by atoms with Gasteiger partial charge in [-0.05, 0) is 17.7 Å². The number of imidazole rings is 1. The second-order valence-corrected chi connectivity index (χ2v) is 5.87. The average Bonchev–Trinajstić information content (AvgIpc) is 3.31. The standard InChI is InChI=1S/C15H13N5O2S/c1-22-15(21)13-10(6-18-19-13)9-2-3-12-17-7-11(20(12)8-9)14-16-4-5-23-14/h2-8,13,18-19H,1H3. The van der Waals surface area contributed by atoms with E-state index in [0.717, 1.165) is 27.5 Å². The van der Waals surface area contributed by atoms with Gasteiger partial charge in [0.25, 0.3) is 0 Å². The zero-order chi connectivity index (χ0) is 15.8. The molecule has 1 aliphatic rings. The van der Waals surface area contributed by atoms with Crippen LogP contribution in [0.1, 0.15) is 5.56 Å². The van der Waals surface area contributed by atoms with Gasteiger partial charge in [0.05, 0.1) is 13.3 Å². The summed E-state index contributed by atoms with van der Waals surface area (Å²) in [5.74, 6) is -0.341. The number of esters is 1. The Bertz CT molecular complexity index is 900. The number of hydrazine groups is 1. The summed E-state index contributed by atoms with van der Waals surface area (Å²) in [6.45, 7) is 0. The van der Waals surface area contributed by atoms with Crippen molar-refractivity contribution in [3.05, 3.63) is 47.9 Å². The molecule has 4 heterocycles. The minimum Gasteiger partial charge on any atom is -0.468 e. The van der Waals surface area contributed by atoms with Crippen molar-refractivity contribution in [1.29, 1.82) is 0 Å². The number of thiazole rings is 1. The van der Waals surface area contributed by atoms with Crippen LogP contribution in [0.2, 0.25) is 0 Å². The summed E-state index contributed by atoms with van der Waals surface area (Å²) in [7, 11) is 1.37. The van der Waals surface area contributed by atoms with E-state index in [1.807, 2.05) is 28.1 Å². The Hall–Kier alpha value is -2.71. The number of ether oxygens (including phenoxy) is 1. The van der Waals surface area contributed by atoms with Gasteiger partial charge in [0.2, 0.25) is 0 Å². The van der Waals surface area contributed by atoms with Gasteiger partial charge < -0.3 is 10.2 Å². The maximum atomic E-state index is 11.9. The van der Waals surface area contributed by atoms with E-state index in [4.69, 9.17) is 4.74 Å². The highest BCUT2D eigenvalue weighted by molar-refractivity contribution is 7.13. The summed E-state index contributed by atoms with van der Waals surface area (Å²) >= 11 is 1.56. The van der Waals surface area contributed by atoms with Gasteiger partial charge in [-0.1, -0.05) is 0 Å². The van der Waals surface area contributed by atoms with Crippen LogP contribution in [0, 0.1) is 0 Å². The Morgan fingerprint density at radius 3 is 3.09 bits per heavy atom. The van der Waals surface area contributed by atoms with Crippen LogP contribution in [0.3, 0.4) is 0 Å². The highest BCUT2D eigenvalue weighted by atomic mass is 32.1. The van der Waals surface area contributed by atoms with Gasteiger partial charge in [-0.15, -0.1) is 11.3 Å². The first-order chi connectivity index (χ1) is 11.3. The topological polar surface area (TPSA) is 80.5 Å². The van der Waals surface area contributed by atoms with Crippen LogP contribution in [0.25, 0.3) is 21.9 Å². The summed E-state index contributed by atoms with van der Waals surface area (Å²) in [6, 6.07) is 3.31. The van der Waals surface area contributed by atoms with Crippen LogP contribution < -0.4 is 10.9 Å². The number of nitrogens with zero attached hydrogens (tertiary/aromatic N) is 3. The molecule has 1 atom stereocenters. The zero-order valence-corrected chi connectivity index (χ0v) is 13.0. The van der Waals surface area contributed by atoms with Crippen LogP contribution in [-0.2, 0) is 9.53 Å². The number of aromatic nitrogens is 3. The molecule has 0 spiro atoms. The lowest BCUT2D eigenvalue weighted by Crippen LogP contribution is -2.38.